The van der Waals surface area contributed by atoms with Crippen LogP contribution in [0.2, 0.25) is 0 Å². The third-order valence-corrected chi connectivity index (χ3v) is 4.87. The summed E-state index contributed by atoms with van der Waals surface area (Å²) < 4.78 is 46.2. The van der Waals surface area contributed by atoms with Crippen molar-refractivity contribution < 1.29 is 22.7 Å². The number of halogens is 4. The highest BCUT2D eigenvalue weighted by Gasteiger charge is 2.39. The van der Waals surface area contributed by atoms with Gasteiger partial charge in [0.15, 0.2) is 5.69 Å². The molecule has 2 rings (SSSR count). The molecule has 1 atom stereocenters. The van der Waals surface area contributed by atoms with E-state index in [0.29, 0.717) is 18.8 Å². The molecule has 0 spiro atoms. The molecule has 5 nitrogen and oxygen atoms in total. The van der Waals surface area contributed by atoms with Gasteiger partial charge in [0.05, 0.1) is 10.2 Å². The summed E-state index contributed by atoms with van der Waals surface area (Å²) in [6.07, 6.45) is -3.44. The topological polar surface area (TPSA) is 47.4 Å². The van der Waals surface area contributed by atoms with E-state index in [4.69, 9.17) is 4.74 Å². The smallest absolute Gasteiger partial charge is 0.434 e. The Labute approximate surface area is 153 Å². The minimum atomic E-state index is -4.49. The molecular formula is C16H23BrF3N3O2. The fourth-order valence-electron chi connectivity index (χ4n) is 2.91. The average molecular weight is 426 g/mol. The normalized spacial score (nSPS) is 19.2. The zero-order valence-corrected chi connectivity index (χ0v) is 16.4. The Hall–Kier alpha value is -1.25. The average Bonchev–Trinajstić information content (AvgIpc) is 2.71. The molecule has 1 saturated heterocycles. The van der Waals surface area contributed by atoms with Crippen LogP contribution in [0.1, 0.15) is 45.0 Å². The monoisotopic (exact) mass is 425 g/mol. The van der Waals surface area contributed by atoms with Crippen LogP contribution in [0, 0.1) is 12.8 Å². The van der Waals surface area contributed by atoms with E-state index in [1.54, 1.807) is 25.7 Å². The van der Waals surface area contributed by atoms with Crippen molar-refractivity contribution in [2.45, 2.75) is 58.9 Å². The predicted octanol–water partition coefficient (Wildman–Crippen LogP) is 4.62. The number of piperidine rings is 1. The van der Waals surface area contributed by atoms with Crippen molar-refractivity contribution >= 4 is 22.0 Å². The molecule has 1 aromatic heterocycles. The van der Waals surface area contributed by atoms with Crippen molar-refractivity contribution in [1.29, 1.82) is 0 Å². The number of ether oxygens (including phenoxy) is 1. The quantitative estimate of drug-likeness (QED) is 0.694. The highest BCUT2D eigenvalue weighted by Crippen LogP contribution is 2.37. The van der Waals surface area contributed by atoms with Crippen LogP contribution < -0.4 is 0 Å². The molecule has 0 radical (unpaired) electrons. The summed E-state index contributed by atoms with van der Waals surface area (Å²) in [5.41, 5.74) is -1.08. The molecule has 0 bridgehead atoms. The van der Waals surface area contributed by atoms with E-state index >= 15 is 0 Å². The van der Waals surface area contributed by atoms with Gasteiger partial charge in [0.25, 0.3) is 0 Å². The van der Waals surface area contributed by atoms with Crippen LogP contribution >= 0.6 is 15.9 Å². The minimum absolute atomic E-state index is 0.0280. The van der Waals surface area contributed by atoms with E-state index in [-0.39, 0.29) is 16.9 Å². The summed E-state index contributed by atoms with van der Waals surface area (Å²) in [5, 5.41) is 4.02. The molecule has 1 aliphatic heterocycles. The van der Waals surface area contributed by atoms with Crippen LogP contribution in [0.3, 0.4) is 0 Å². The van der Waals surface area contributed by atoms with Crippen molar-refractivity contribution in [1.82, 2.24) is 14.7 Å². The molecule has 1 unspecified atom stereocenters. The van der Waals surface area contributed by atoms with Crippen molar-refractivity contribution in [3.05, 3.63) is 15.9 Å². The van der Waals surface area contributed by atoms with Gasteiger partial charge in [-0.1, -0.05) is 0 Å². The molecular weight excluding hydrogens is 403 g/mol. The Balaban J connectivity index is 2.11. The fourth-order valence-corrected chi connectivity index (χ4v) is 3.42. The summed E-state index contributed by atoms with van der Waals surface area (Å²) in [4.78, 5) is 13.8. The molecule has 9 heteroatoms. The molecule has 142 valence electrons. The lowest BCUT2D eigenvalue weighted by molar-refractivity contribution is -0.145. The number of nitrogens with zero attached hydrogens (tertiary/aromatic N) is 3. The summed E-state index contributed by atoms with van der Waals surface area (Å²) >= 11 is 2.98. The maximum atomic E-state index is 13.3. The number of aryl methyl sites for hydroxylation is 1. The number of carbonyl (C=O) groups is 1. The SMILES string of the molecule is Cc1nn(CC2CCCN(C(=O)OC(C)(C)C)C2)c(C(F)(F)F)c1Br. The van der Waals surface area contributed by atoms with Crippen LogP contribution in [0.5, 0.6) is 0 Å². The zero-order chi connectivity index (χ0) is 19.0. The number of amides is 1. The van der Waals surface area contributed by atoms with Crippen molar-refractivity contribution in [3.63, 3.8) is 0 Å². The third-order valence-electron chi connectivity index (χ3n) is 3.92. The molecule has 1 aromatic rings. The Kier molecular flexibility index (Phi) is 5.75. The van der Waals surface area contributed by atoms with Crippen molar-refractivity contribution in [2.75, 3.05) is 13.1 Å². The van der Waals surface area contributed by atoms with Gasteiger partial charge in [-0.15, -0.1) is 0 Å². The maximum Gasteiger partial charge on any atom is 0.434 e. The second-order valence-corrected chi connectivity index (χ2v) is 8.16. The number of likely N-dealkylation sites (tertiary alicyclic amines) is 1. The lowest BCUT2D eigenvalue weighted by Crippen LogP contribution is -2.44. The highest BCUT2D eigenvalue weighted by atomic mass is 79.9. The van der Waals surface area contributed by atoms with Gasteiger partial charge in [-0.2, -0.15) is 18.3 Å². The van der Waals surface area contributed by atoms with Crippen LogP contribution in [0.25, 0.3) is 0 Å². The first kappa shape index (κ1) is 20.1. The summed E-state index contributed by atoms with van der Waals surface area (Å²) in [7, 11) is 0. The zero-order valence-electron chi connectivity index (χ0n) is 14.8. The largest absolute Gasteiger partial charge is 0.444 e. The molecule has 0 aliphatic carbocycles. The third kappa shape index (κ3) is 5.12. The highest BCUT2D eigenvalue weighted by molar-refractivity contribution is 9.10. The van der Waals surface area contributed by atoms with Gasteiger partial charge in [-0.25, -0.2) is 4.79 Å². The van der Waals surface area contributed by atoms with Gasteiger partial charge in [0.2, 0.25) is 0 Å². The van der Waals surface area contributed by atoms with E-state index in [1.165, 1.54) is 6.92 Å². The molecule has 1 aliphatic rings. The lowest BCUT2D eigenvalue weighted by atomic mass is 9.98. The van der Waals surface area contributed by atoms with Crippen LogP contribution in [0.15, 0.2) is 4.47 Å². The van der Waals surface area contributed by atoms with Gasteiger partial charge >= 0.3 is 12.3 Å². The summed E-state index contributed by atoms with van der Waals surface area (Å²) in [6, 6.07) is 0. The fraction of sp³-hybridized carbons (Fsp3) is 0.750. The van der Waals surface area contributed by atoms with Gasteiger partial charge in [0.1, 0.15) is 5.60 Å². The van der Waals surface area contributed by atoms with Gasteiger partial charge in [0, 0.05) is 19.6 Å². The van der Waals surface area contributed by atoms with E-state index < -0.39 is 23.6 Å². The first-order chi connectivity index (χ1) is 11.4. The van der Waals surface area contributed by atoms with Gasteiger partial charge < -0.3 is 9.64 Å². The molecule has 0 aromatic carbocycles. The molecule has 0 N–H and O–H groups in total. The summed E-state index contributed by atoms with van der Waals surface area (Å²) in [6.45, 7) is 7.91. The molecule has 1 amide bonds. The Bertz CT molecular complexity index is 638. The Morgan fingerprint density at radius 3 is 2.56 bits per heavy atom. The van der Waals surface area contributed by atoms with Crippen LogP contribution in [-0.4, -0.2) is 39.5 Å². The van der Waals surface area contributed by atoms with E-state index in [1.807, 2.05) is 0 Å². The maximum absolute atomic E-state index is 13.3. The molecule has 0 saturated carbocycles. The van der Waals surface area contributed by atoms with Gasteiger partial charge in [-0.05, 0) is 62.4 Å². The van der Waals surface area contributed by atoms with Crippen LogP contribution in [0.4, 0.5) is 18.0 Å². The number of hydrogen-bond donors (Lipinski definition) is 0. The second kappa shape index (κ2) is 7.17. The van der Waals surface area contributed by atoms with Gasteiger partial charge in [-0.3, -0.25) is 4.68 Å². The number of alkyl halides is 3. The second-order valence-electron chi connectivity index (χ2n) is 7.36. The first-order valence-electron chi connectivity index (χ1n) is 8.16. The summed E-state index contributed by atoms with van der Waals surface area (Å²) in [5.74, 6) is -0.103. The lowest BCUT2D eigenvalue weighted by Gasteiger charge is -2.34. The molecule has 2 heterocycles. The van der Waals surface area contributed by atoms with Crippen molar-refractivity contribution in [3.8, 4) is 0 Å². The number of hydrogen-bond acceptors (Lipinski definition) is 3. The molecule has 25 heavy (non-hydrogen) atoms. The Morgan fingerprint density at radius 2 is 2.00 bits per heavy atom. The van der Waals surface area contributed by atoms with E-state index in [0.717, 1.165) is 17.5 Å². The standard InChI is InChI=1S/C16H23BrF3N3O2/c1-10-12(17)13(16(18,19)20)23(21-10)9-11-6-5-7-22(8-11)14(24)25-15(2,3)4/h11H,5-9H2,1-4H3. The van der Waals surface area contributed by atoms with Crippen molar-refractivity contribution in [2.24, 2.45) is 5.92 Å². The first-order valence-corrected chi connectivity index (χ1v) is 8.96. The predicted molar refractivity (Wildman–Crippen MR) is 90.2 cm³/mol. The number of rotatable bonds is 2. The molecule has 1 fully saturated rings. The van der Waals surface area contributed by atoms with E-state index in [2.05, 4.69) is 21.0 Å². The number of aromatic nitrogens is 2. The van der Waals surface area contributed by atoms with E-state index in [9.17, 15) is 18.0 Å². The minimum Gasteiger partial charge on any atom is -0.444 e. The van der Waals surface area contributed by atoms with Crippen LogP contribution in [-0.2, 0) is 17.5 Å². The Morgan fingerprint density at radius 1 is 1.36 bits per heavy atom. The number of carbonyl (C=O) groups excluding carboxylic acids is 1.